The van der Waals surface area contributed by atoms with Gasteiger partial charge in [-0.2, -0.15) is 0 Å². The fourth-order valence-corrected chi connectivity index (χ4v) is 4.84. The van der Waals surface area contributed by atoms with E-state index in [2.05, 4.69) is 5.16 Å². The molecular formula is C18H18ClNO5S2. The van der Waals surface area contributed by atoms with Crippen LogP contribution in [0.3, 0.4) is 0 Å². The van der Waals surface area contributed by atoms with Gasteiger partial charge < -0.3 is 14.0 Å². The minimum Gasteiger partial charge on any atom is -0.434 e. The third-order valence-electron chi connectivity index (χ3n) is 4.02. The van der Waals surface area contributed by atoms with Crippen molar-refractivity contribution in [2.75, 3.05) is 19.1 Å². The van der Waals surface area contributed by atoms with E-state index >= 15 is 0 Å². The number of carbonyl (C=O) groups is 2. The molecule has 0 saturated heterocycles. The first-order valence-electron chi connectivity index (χ1n) is 8.31. The number of carbonyl (C=O) groups excluding carboxylic acids is 2. The molecule has 1 aliphatic rings. The maximum Gasteiger partial charge on any atom is 0.515 e. The van der Waals surface area contributed by atoms with Crippen LogP contribution >= 0.6 is 35.1 Å². The standard InChI is InChI=1S/C18H18ClNO5S2/c1-4-23-18(22)24-17-12(14(25-20-17)9-5-6-9)13(21)10-7-8-11(19)16(27-3)15(10)26-2/h7-9H,4-6H2,1-3H3. The van der Waals surface area contributed by atoms with Crippen LogP contribution in [0.25, 0.3) is 0 Å². The summed E-state index contributed by atoms with van der Waals surface area (Å²) >= 11 is 9.18. The molecule has 0 bridgehead atoms. The Labute approximate surface area is 170 Å². The number of ether oxygens (including phenoxy) is 2. The van der Waals surface area contributed by atoms with Crippen LogP contribution < -0.4 is 4.74 Å². The van der Waals surface area contributed by atoms with Crippen molar-refractivity contribution in [2.24, 2.45) is 0 Å². The predicted octanol–water partition coefficient (Wildman–Crippen LogP) is 5.42. The summed E-state index contributed by atoms with van der Waals surface area (Å²) < 4.78 is 15.3. The zero-order valence-corrected chi connectivity index (χ0v) is 17.4. The molecule has 0 unspecified atom stereocenters. The summed E-state index contributed by atoms with van der Waals surface area (Å²) in [7, 11) is 0. The van der Waals surface area contributed by atoms with E-state index in [1.165, 1.54) is 23.5 Å². The highest BCUT2D eigenvalue weighted by atomic mass is 35.5. The molecule has 0 radical (unpaired) electrons. The zero-order valence-electron chi connectivity index (χ0n) is 15.0. The van der Waals surface area contributed by atoms with Crippen molar-refractivity contribution in [3.63, 3.8) is 0 Å². The van der Waals surface area contributed by atoms with E-state index < -0.39 is 6.16 Å². The van der Waals surface area contributed by atoms with Crippen molar-refractivity contribution in [3.05, 3.63) is 34.0 Å². The third kappa shape index (κ3) is 4.12. The van der Waals surface area contributed by atoms with Gasteiger partial charge in [-0.1, -0.05) is 11.6 Å². The normalized spacial score (nSPS) is 13.5. The molecule has 0 aliphatic heterocycles. The minimum atomic E-state index is -0.923. The number of hydrogen-bond donors (Lipinski definition) is 0. The summed E-state index contributed by atoms with van der Waals surface area (Å²) in [6.45, 7) is 1.81. The van der Waals surface area contributed by atoms with Crippen LogP contribution in [0.4, 0.5) is 4.79 Å². The molecule has 2 aromatic rings. The first-order valence-corrected chi connectivity index (χ1v) is 11.1. The summed E-state index contributed by atoms with van der Waals surface area (Å²) in [5.74, 6) is 0.0925. The summed E-state index contributed by atoms with van der Waals surface area (Å²) in [5, 5.41) is 4.39. The molecule has 1 aliphatic carbocycles. The number of halogens is 1. The lowest BCUT2D eigenvalue weighted by atomic mass is 10.0. The Morgan fingerprint density at radius 2 is 1.96 bits per heavy atom. The Morgan fingerprint density at radius 1 is 1.26 bits per heavy atom. The molecule has 9 heteroatoms. The molecular weight excluding hydrogens is 410 g/mol. The van der Waals surface area contributed by atoms with Gasteiger partial charge in [-0.25, -0.2) is 4.79 Å². The SMILES string of the molecule is CCOC(=O)Oc1noc(C2CC2)c1C(=O)c1ccc(Cl)c(SC)c1SC. The van der Waals surface area contributed by atoms with Crippen molar-refractivity contribution in [3.8, 4) is 5.88 Å². The summed E-state index contributed by atoms with van der Waals surface area (Å²) in [6.07, 6.45) is 4.67. The van der Waals surface area contributed by atoms with Crippen LogP contribution in [0, 0.1) is 0 Å². The monoisotopic (exact) mass is 427 g/mol. The van der Waals surface area contributed by atoms with E-state index in [4.69, 9.17) is 25.6 Å². The molecule has 1 saturated carbocycles. The quantitative estimate of drug-likeness (QED) is 0.329. The average molecular weight is 428 g/mol. The molecule has 1 heterocycles. The van der Waals surface area contributed by atoms with Gasteiger partial charge >= 0.3 is 6.16 Å². The highest BCUT2D eigenvalue weighted by Crippen LogP contribution is 2.45. The lowest BCUT2D eigenvalue weighted by Gasteiger charge is -2.12. The van der Waals surface area contributed by atoms with Gasteiger partial charge in [0.05, 0.1) is 11.6 Å². The maximum absolute atomic E-state index is 13.4. The lowest BCUT2D eigenvalue weighted by molar-refractivity contribution is 0.0985. The molecule has 144 valence electrons. The highest BCUT2D eigenvalue weighted by Gasteiger charge is 2.37. The van der Waals surface area contributed by atoms with Crippen molar-refractivity contribution < 1.29 is 23.6 Å². The molecule has 6 nitrogen and oxygen atoms in total. The molecule has 0 amide bonds. The van der Waals surface area contributed by atoms with E-state index in [0.717, 1.165) is 22.6 Å². The van der Waals surface area contributed by atoms with Gasteiger partial charge in [0.15, 0.2) is 5.76 Å². The second kappa shape index (κ2) is 8.58. The lowest BCUT2D eigenvalue weighted by Crippen LogP contribution is -2.14. The molecule has 0 spiro atoms. The van der Waals surface area contributed by atoms with Crippen molar-refractivity contribution in [1.29, 1.82) is 0 Å². The topological polar surface area (TPSA) is 78.6 Å². The van der Waals surface area contributed by atoms with E-state index in [9.17, 15) is 9.59 Å². The van der Waals surface area contributed by atoms with Gasteiger partial charge in [0.2, 0.25) is 5.78 Å². The molecule has 1 aromatic carbocycles. The summed E-state index contributed by atoms with van der Waals surface area (Å²) in [6, 6.07) is 3.37. The molecule has 1 fully saturated rings. The largest absolute Gasteiger partial charge is 0.515 e. The smallest absolute Gasteiger partial charge is 0.434 e. The summed E-state index contributed by atoms with van der Waals surface area (Å²) in [5.41, 5.74) is 0.644. The first-order chi connectivity index (χ1) is 13.0. The molecule has 27 heavy (non-hydrogen) atoms. The van der Waals surface area contributed by atoms with Crippen molar-refractivity contribution in [2.45, 2.75) is 35.5 Å². The number of ketones is 1. The minimum absolute atomic E-state index is 0.112. The Morgan fingerprint density at radius 3 is 2.56 bits per heavy atom. The van der Waals surface area contributed by atoms with Crippen LogP contribution in [0.5, 0.6) is 5.88 Å². The van der Waals surface area contributed by atoms with E-state index in [0.29, 0.717) is 16.3 Å². The van der Waals surface area contributed by atoms with Crippen molar-refractivity contribution >= 4 is 47.1 Å². The molecule has 3 rings (SSSR count). The second-order valence-electron chi connectivity index (χ2n) is 5.78. The van der Waals surface area contributed by atoms with Gasteiger partial charge in [0.1, 0.15) is 5.56 Å². The molecule has 0 atom stereocenters. The number of aromatic nitrogens is 1. The van der Waals surface area contributed by atoms with Crippen LogP contribution in [0.2, 0.25) is 5.02 Å². The fourth-order valence-electron chi connectivity index (χ4n) is 2.66. The van der Waals surface area contributed by atoms with Gasteiger partial charge in [0, 0.05) is 21.3 Å². The van der Waals surface area contributed by atoms with E-state index in [1.54, 1.807) is 19.1 Å². The van der Waals surface area contributed by atoms with E-state index in [-0.39, 0.29) is 29.8 Å². The predicted molar refractivity (Wildman–Crippen MR) is 105 cm³/mol. The Hall–Kier alpha value is -1.64. The fraction of sp³-hybridized carbons (Fsp3) is 0.389. The maximum atomic E-state index is 13.4. The first kappa shape index (κ1) is 20.1. The molecule has 0 N–H and O–H groups in total. The number of hydrogen-bond acceptors (Lipinski definition) is 8. The van der Waals surface area contributed by atoms with Crippen LogP contribution in [0.1, 0.15) is 47.4 Å². The Kier molecular flexibility index (Phi) is 6.39. The summed E-state index contributed by atoms with van der Waals surface area (Å²) in [4.78, 5) is 26.7. The number of rotatable bonds is 7. The van der Waals surface area contributed by atoms with Gasteiger partial charge in [0.25, 0.3) is 5.88 Å². The number of thioether (sulfide) groups is 2. The molecule has 1 aromatic heterocycles. The zero-order chi connectivity index (χ0) is 19.6. The number of benzene rings is 1. The van der Waals surface area contributed by atoms with Gasteiger partial charge in [-0.15, -0.1) is 23.5 Å². The second-order valence-corrected chi connectivity index (χ2v) is 7.82. The Balaban J connectivity index is 2.06. The highest BCUT2D eigenvalue weighted by molar-refractivity contribution is 8.01. The van der Waals surface area contributed by atoms with Gasteiger partial charge in [-0.05, 0) is 49.6 Å². The van der Waals surface area contributed by atoms with Gasteiger partial charge in [-0.3, -0.25) is 4.79 Å². The number of nitrogens with zero attached hydrogens (tertiary/aromatic N) is 1. The third-order valence-corrected chi connectivity index (χ3v) is 6.24. The van der Waals surface area contributed by atoms with Crippen LogP contribution in [-0.4, -0.2) is 36.2 Å². The van der Waals surface area contributed by atoms with Crippen LogP contribution in [-0.2, 0) is 4.74 Å². The van der Waals surface area contributed by atoms with E-state index in [1.807, 2.05) is 12.5 Å². The Bertz CT molecular complexity index is 879. The average Bonchev–Trinajstić information content (AvgIpc) is 3.41. The van der Waals surface area contributed by atoms with Crippen LogP contribution in [0.15, 0.2) is 26.4 Å². The van der Waals surface area contributed by atoms with Crippen molar-refractivity contribution in [1.82, 2.24) is 5.16 Å².